The largest absolute Gasteiger partial charge is 0.310 e. The van der Waals surface area contributed by atoms with Crippen molar-refractivity contribution in [2.75, 3.05) is 4.90 Å². The average Bonchev–Trinajstić information content (AvgIpc) is 3.92. The molecule has 0 saturated carbocycles. The standard InChI is InChI=1S/C66H52N2/c1-65(2)58-39-50(33-35-52(58)56-41-60-57(42-59(56)65)64-55(46-23-13-7-14-24-46)37-47(38-61(64)66(60,3)4)44-21-11-6-12-22-44)67(49-31-29-45(30-32-49)43-19-9-5-10-20-43)51-34-36-54-53-27-17-18-28-62(53)68(63(54)40-51)48-25-15-8-16-26-48/h5-42,57,60H,1-4H3. The second kappa shape index (κ2) is 15.3. The second-order valence-corrected chi connectivity index (χ2v) is 20.1. The zero-order chi connectivity index (χ0) is 45.7. The van der Waals surface area contributed by atoms with Gasteiger partial charge in [-0.3, -0.25) is 0 Å². The lowest BCUT2D eigenvalue weighted by molar-refractivity contribution is 0.393. The van der Waals surface area contributed by atoms with Crippen molar-refractivity contribution in [3.63, 3.8) is 0 Å². The molecule has 1 aromatic heterocycles. The predicted molar refractivity (Wildman–Crippen MR) is 287 cm³/mol. The Kier molecular flexibility index (Phi) is 9.08. The molecule has 0 fully saturated rings. The summed E-state index contributed by atoms with van der Waals surface area (Å²) < 4.78 is 2.42. The summed E-state index contributed by atoms with van der Waals surface area (Å²) in [5.74, 6) is 0.573. The van der Waals surface area contributed by atoms with Crippen molar-refractivity contribution >= 4 is 44.4 Å². The van der Waals surface area contributed by atoms with Gasteiger partial charge in [-0.15, -0.1) is 0 Å². The Labute approximate surface area is 399 Å². The van der Waals surface area contributed by atoms with E-state index in [1.165, 1.54) is 88.6 Å². The Hall–Kier alpha value is -7.94. The molecule has 0 bridgehead atoms. The summed E-state index contributed by atoms with van der Waals surface area (Å²) in [5.41, 5.74) is 22.7. The molecule has 10 aromatic rings. The molecule has 68 heavy (non-hydrogen) atoms. The minimum atomic E-state index is -0.224. The fourth-order valence-corrected chi connectivity index (χ4v) is 12.2. The maximum absolute atomic E-state index is 2.68. The Balaban J connectivity index is 0.965. The van der Waals surface area contributed by atoms with Crippen molar-refractivity contribution in [2.45, 2.75) is 44.4 Å². The van der Waals surface area contributed by atoms with E-state index in [0.717, 1.165) is 22.7 Å². The Morgan fingerprint density at radius 3 is 1.68 bits per heavy atom. The van der Waals surface area contributed by atoms with Crippen LogP contribution >= 0.6 is 0 Å². The van der Waals surface area contributed by atoms with Gasteiger partial charge in [-0.05, 0) is 139 Å². The van der Waals surface area contributed by atoms with Gasteiger partial charge in [-0.1, -0.05) is 198 Å². The molecule has 2 unspecified atom stereocenters. The molecule has 1 heterocycles. The molecule has 2 atom stereocenters. The molecule has 3 aliphatic carbocycles. The first-order valence-corrected chi connectivity index (χ1v) is 24.2. The number of para-hydroxylation sites is 2. The van der Waals surface area contributed by atoms with Crippen LogP contribution in [-0.4, -0.2) is 4.57 Å². The van der Waals surface area contributed by atoms with E-state index in [9.17, 15) is 0 Å². The zero-order valence-corrected chi connectivity index (χ0v) is 39.0. The van der Waals surface area contributed by atoms with E-state index in [1.54, 1.807) is 0 Å². The molecule has 2 heteroatoms. The van der Waals surface area contributed by atoms with Crippen LogP contribution in [0.1, 0.15) is 55.9 Å². The second-order valence-electron chi connectivity index (χ2n) is 20.1. The van der Waals surface area contributed by atoms with Crippen LogP contribution in [0.15, 0.2) is 236 Å². The number of benzene rings is 9. The maximum atomic E-state index is 2.68. The number of fused-ring (bicyclic) bond motifs is 9. The van der Waals surface area contributed by atoms with Crippen LogP contribution in [0.4, 0.5) is 17.1 Å². The summed E-state index contributed by atoms with van der Waals surface area (Å²) >= 11 is 0. The highest BCUT2D eigenvalue weighted by atomic mass is 15.1. The molecule has 326 valence electrons. The summed E-state index contributed by atoms with van der Waals surface area (Å²) in [6.07, 6.45) is 5.35. The van der Waals surface area contributed by atoms with Crippen molar-refractivity contribution in [3.05, 3.63) is 258 Å². The number of nitrogens with zero attached hydrogens (tertiary/aromatic N) is 2. The topological polar surface area (TPSA) is 8.17 Å². The van der Waals surface area contributed by atoms with E-state index < -0.39 is 0 Å². The number of hydrogen-bond donors (Lipinski definition) is 0. The van der Waals surface area contributed by atoms with Crippen molar-refractivity contribution in [2.24, 2.45) is 5.92 Å². The lowest BCUT2D eigenvalue weighted by atomic mass is 9.70. The smallest absolute Gasteiger partial charge is 0.0561 e. The molecule has 2 nitrogen and oxygen atoms in total. The maximum Gasteiger partial charge on any atom is 0.0561 e. The van der Waals surface area contributed by atoms with Gasteiger partial charge in [-0.2, -0.15) is 0 Å². The van der Waals surface area contributed by atoms with Gasteiger partial charge in [0.15, 0.2) is 0 Å². The zero-order valence-electron chi connectivity index (χ0n) is 39.0. The van der Waals surface area contributed by atoms with Gasteiger partial charge in [-0.25, -0.2) is 0 Å². The molecule has 0 amide bonds. The minimum absolute atomic E-state index is 0.0836. The minimum Gasteiger partial charge on any atom is -0.310 e. The fourth-order valence-electron chi connectivity index (χ4n) is 12.2. The first-order valence-electron chi connectivity index (χ1n) is 24.2. The van der Waals surface area contributed by atoms with Crippen molar-refractivity contribution in [3.8, 4) is 39.1 Å². The molecule has 13 rings (SSSR count). The first kappa shape index (κ1) is 40.3. The number of anilines is 3. The van der Waals surface area contributed by atoms with Crippen molar-refractivity contribution < 1.29 is 0 Å². The van der Waals surface area contributed by atoms with Gasteiger partial charge < -0.3 is 9.47 Å². The molecule has 9 aromatic carbocycles. The van der Waals surface area contributed by atoms with E-state index in [-0.39, 0.29) is 16.7 Å². The van der Waals surface area contributed by atoms with E-state index in [4.69, 9.17) is 0 Å². The number of aromatic nitrogens is 1. The van der Waals surface area contributed by atoms with Crippen molar-refractivity contribution in [1.29, 1.82) is 0 Å². The third kappa shape index (κ3) is 6.17. The molecular weight excluding hydrogens is 821 g/mol. The van der Waals surface area contributed by atoms with Gasteiger partial charge in [0.25, 0.3) is 0 Å². The Morgan fingerprint density at radius 1 is 0.412 bits per heavy atom. The van der Waals surface area contributed by atoms with E-state index in [1.807, 2.05) is 0 Å². The molecule has 0 saturated heterocycles. The summed E-state index contributed by atoms with van der Waals surface area (Å²) in [7, 11) is 0. The highest BCUT2D eigenvalue weighted by Gasteiger charge is 2.51. The monoisotopic (exact) mass is 872 g/mol. The lowest BCUT2D eigenvalue weighted by Crippen LogP contribution is -2.27. The highest BCUT2D eigenvalue weighted by molar-refractivity contribution is 6.10. The van der Waals surface area contributed by atoms with Crippen LogP contribution in [-0.2, 0) is 10.8 Å². The molecule has 0 aliphatic heterocycles. The lowest BCUT2D eigenvalue weighted by Gasteiger charge is -2.34. The quantitative estimate of drug-likeness (QED) is 0.155. The third-order valence-electron chi connectivity index (χ3n) is 15.7. The average molecular weight is 873 g/mol. The van der Waals surface area contributed by atoms with Gasteiger partial charge in [0.1, 0.15) is 0 Å². The van der Waals surface area contributed by atoms with Crippen LogP contribution in [0.5, 0.6) is 0 Å². The molecular formula is C66H52N2. The predicted octanol–water partition coefficient (Wildman–Crippen LogP) is 17.6. The van der Waals surface area contributed by atoms with E-state index in [0.29, 0.717) is 5.92 Å². The summed E-state index contributed by atoms with van der Waals surface area (Å²) in [4.78, 5) is 2.47. The SMILES string of the molecule is CC1(C)C2=CC3c4c(-c5ccccc5)cc(-c5ccccc5)cc4C(C)(C)C3C=C2c2ccc(N(c3ccc(-c4ccccc4)cc3)c3ccc4c5ccccc5n(-c5ccccc5)c4c3)cc21. The first-order chi connectivity index (χ1) is 33.2. The van der Waals surface area contributed by atoms with Crippen LogP contribution in [0, 0.1) is 5.92 Å². The number of allylic oxidation sites excluding steroid dienone is 4. The fraction of sp³-hybridized carbons (Fsp3) is 0.121. The van der Waals surface area contributed by atoms with E-state index >= 15 is 0 Å². The van der Waals surface area contributed by atoms with Crippen LogP contribution in [0.3, 0.4) is 0 Å². The van der Waals surface area contributed by atoms with Gasteiger partial charge in [0.05, 0.1) is 11.0 Å². The molecule has 0 spiro atoms. The van der Waals surface area contributed by atoms with Crippen LogP contribution in [0.25, 0.3) is 66.4 Å². The summed E-state index contributed by atoms with van der Waals surface area (Å²) in [5, 5.41) is 2.50. The molecule has 3 aliphatic rings. The van der Waals surface area contributed by atoms with Crippen LogP contribution < -0.4 is 4.90 Å². The number of rotatable bonds is 7. The molecule has 0 radical (unpaired) electrons. The number of hydrogen-bond acceptors (Lipinski definition) is 1. The van der Waals surface area contributed by atoms with Crippen molar-refractivity contribution in [1.82, 2.24) is 4.57 Å². The summed E-state index contributed by atoms with van der Waals surface area (Å²) in [6.45, 7) is 9.86. The van der Waals surface area contributed by atoms with E-state index in [2.05, 4.69) is 268 Å². The van der Waals surface area contributed by atoms with Gasteiger partial charge in [0, 0.05) is 44.9 Å². The van der Waals surface area contributed by atoms with Gasteiger partial charge >= 0.3 is 0 Å². The Morgan fingerprint density at radius 2 is 0.971 bits per heavy atom. The van der Waals surface area contributed by atoms with Gasteiger partial charge in [0.2, 0.25) is 0 Å². The normalized spacial score (nSPS) is 17.2. The summed E-state index contributed by atoms with van der Waals surface area (Å²) in [6, 6.07) is 80.6. The highest BCUT2D eigenvalue weighted by Crippen LogP contribution is 2.62. The van der Waals surface area contributed by atoms with Crippen LogP contribution in [0.2, 0.25) is 0 Å². The Bertz CT molecular complexity index is 3650. The third-order valence-corrected chi connectivity index (χ3v) is 15.7. The molecule has 0 N–H and O–H groups in total.